The summed E-state index contributed by atoms with van der Waals surface area (Å²) in [6.07, 6.45) is 4.73. The van der Waals surface area contributed by atoms with E-state index in [4.69, 9.17) is 16.3 Å². The lowest BCUT2D eigenvalue weighted by Crippen LogP contribution is -2.50. The Morgan fingerprint density at radius 2 is 1.57 bits per heavy atom. The molecule has 0 spiro atoms. The van der Waals surface area contributed by atoms with Gasteiger partial charge in [-0.1, -0.05) is 37.3 Å². The van der Waals surface area contributed by atoms with Gasteiger partial charge in [0.05, 0.1) is 17.0 Å². The number of hydrogen-bond donors (Lipinski definition) is 0. The van der Waals surface area contributed by atoms with Crippen molar-refractivity contribution in [1.29, 1.82) is 0 Å². The summed E-state index contributed by atoms with van der Waals surface area (Å²) >= 11 is 5.97. The molecule has 10 heteroatoms. The first kappa shape index (κ1) is 25.3. The van der Waals surface area contributed by atoms with Crippen LogP contribution in [0.4, 0.5) is 5.69 Å². The molecule has 2 amide bonds. The Bertz CT molecular complexity index is 1210. The molecule has 35 heavy (non-hydrogen) atoms. The number of nitrogens with zero attached hydrogens (tertiary/aromatic N) is 2. The summed E-state index contributed by atoms with van der Waals surface area (Å²) in [5.41, 5.74) is 0.295. The van der Waals surface area contributed by atoms with E-state index in [-0.39, 0.29) is 23.1 Å². The second-order valence-electron chi connectivity index (χ2n) is 8.81. The molecule has 1 unspecified atom stereocenters. The van der Waals surface area contributed by atoms with E-state index in [9.17, 15) is 22.8 Å². The quantitative estimate of drug-likeness (QED) is 0.244. The summed E-state index contributed by atoms with van der Waals surface area (Å²) in [6, 6.07) is 10.3. The van der Waals surface area contributed by atoms with Gasteiger partial charge in [0.1, 0.15) is 11.8 Å². The maximum Gasteiger partial charge on any atom is 0.308 e. The maximum absolute atomic E-state index is 13.8. The van der Waals surface area contributed by atoms with Crippen molar-refractivity contribution < 1.29 is 27.5 Å². The van der Waals surface area contributed by atoms with Gasteiger partial charge in [0.2, 0.25) is 15.9 Å². The lowest BCUT2D eigenvalue weighted by atomic mass is 10.1. The van der Waals surface area contributed by atoms with Gasteiger partial charge in [-0.3, -0.25) is 14.4 Å². The summed E-state index contributed by atoms with van der Waals surface area (Å²) in [7, 11) is -4.08. The van der Waals surface area contributed by atoms with Gasteiger partial charge in [-0.2, -0.15) is 4.31 Å². The van der Waals surface area contributed by atoms with Gasteiger partial charge in [0.15, 0.2) is 0 Å². The highest BCUT2D eigenvalue weighted by atomic mass is 35.5. The van der Waals surface area contributed by atoms with E-state index >= 15 is 0 Å². The highest BCUT2D eigenvalue weighted by Gasteiger charge is 2.49. The Morgan fingerprint density at radius 1 is 0.971 bits per heavy atom. The predicted octanol–water partition coefficient (Wildman–Crippen LogP) is 4.31. The van der Waals surface area contributed by atoms with Crippen LogP contribution in [0.25, 0.3) is 0 Å². The Labute approximate surface area is 209 Å². The normalized spacial score (nSPS) is 19.7. The van der Waals surface area contributed by atoms with Crippen LogP contribution in [0, 0.1) is 0 Å². The maximum atomic E-state index is 13.8. The largest absolute Gasteiger partial charge is 0.427 e. The second-order valence-corrected chi connectivity index (χ2v) is 11.1. The molecular weight excluding hydrogens is 492 g/mol. The van der Waals surface area contributed by atoms with E-state index in [1.165, 1.54) is 59.8 Å². The molecule has 1 atom stereocenters. The number of hydrogen-bond acceptors (Lipinski definition) is 6. The third-order valence-corrected chi connectivity index (χ3v) is 8.59. The van der Waals surface area contributed by atoms with Crippen LogP contribution in [0.1, 0.15) is 51.9 Å². The first-order chi connectivity index (χ1) is 16.7. The van der Waals surface area contributed by atoms with E-state index in [1.807, 2.05) is 0 Å². The van der Waals surface area contributed by atoms with E-state index in [0.717, 1.165) is 30.6 Å². The second kappa shape index (κ2) is 10.5. The topological polar surface area (TPSA) is 101 Å². The molecule has 1 saturated heterocycles. The Morgan fingerprint density at radius 3 is 2.14 bits per heavy atom. The number of benzene rings is 2. The molecule has 0 radical (unpaired) electrons. The monoisotopic (exact) mass is 518 g/mol. The average Bonchev–Trinajstić information content (AvgIpc) is 2.97. The van der Waals surface area contributed by atoms with Crippen molar-refractivity contribution in [3.05, 3.63) is 53.6 Å². The van der Waals surface area contributed by atoms with E-state index in [0.29, 0.717) is 23.6 Å². The molecule has 1 aliphatic heterocycles. The standard InChI is InChI=1S/C25H27ClN2O6S/c1-17(29)34-21-12-10-19(11-13-21)27-24(30)16-23(25(27)31)28(20-6-4-2-3-5-7-20)35(32,33)22-14-8-18(26)9-15-22/h8-15,20,23H,2-7,16H2,1H3. The zero-order chi connectivity index (χ0) is 25.2. The van der Waals surface area contributed by atoms with Crippen LogP contribution in [-0.2, 0) is 24.4 Å². The average molecular weight is 519 g/mol. The number of ether oxygens (including phenoxy) is 1. The predicted molar refractivity (Wildman–Crippen MR) is 131 cm³/mol. The van der Waals surface area contributed by atoms with Crippen LogP contribution in [0.5, 0.6) is 5.75 Å². The number of rotatable bonds is 6. The van der Waals surface area contributed by atoms with Crippen LogP contribution < -0.4 is 9.64 Å². The molecule has 0 aromatic heterocycles. The summed E-state index contributed by atoms with van der Waals surface area (Å²) in [5, 5.41) is 0.403. The SMILES string of the molecule is CC(=O)Oc1ccc(N2C(=O)CC(N(C3CCCCCC3)S(=O)(=O)c3ccc(Cl)cc3)C2=O)cc1. The van der Waals surface area contributed by atoms with E-state index < -0.39 is 33.8 Å². The van der Waals surface area contributed by atoms with Gasteiger partial charge in [-0.15, -0.1) is 0 Å². The van der Waals surface area contributed by atoms with Crippen LogP contribution in [0.3, 0.4) is 0 Å². The lowest BCUT2D eigenvalue weighted by molar-refractivity contribution is -0.132. The summed E-state index contributed by atoms with van der Waals surface area (Å²) < 4.78 is 34.0. The number of sulfonamides is 1. The highest BCUT2D eigenvalue weighted by molar-refractivity contribution is 7.89. The summed E-state index contributed by atoms with van der Waals surface area (Å²) in [4.78, 5) is 38.8. The minimum Gasteiger partial charge on any atom is -0.427 e. The Kier molecular flexibility index (Phi) is 7.59. The fraction of sp³-hybridized carbons (Fsp3) is 0.400. The molecule has 1 aliphatic carbocycles. The van der Waals surface area contributed by atoms with Crippen LogP contribution in [0.2, 0.25) is 5.02 Å². The number of anilines is 1. The molecule has 0 bridgehead atoms. The third-order valence-electron chi connectivity index (χ3n) is 6.36. The highest BCUT2D eigenvalue weighted by Crippen LogP contribution is 2.35. The smallest absolute Gasteiger partial charge is 0.308 e. The molecule has 2 fully saturated rings. The molecule has 4 rings (SSSR count). The van der Waals surface area contributed by atoms with Gasteiger partial charge in [0, 0.05) is 18.0 Å². The van der Waals surface area contributed by atoms with Gasteiger partial charge < -0.3 is 4.74 Å². The van der Waals surface area contributed by atoms with Crippen molar-refractivity contribution in [3.63, 3.8) is 0 Å². The lowest BCUT2D eigenvalue weighted by Gasteiger charge is -2.33. The molecule has 2 aromatic carbocycles. The fourth-order valence-electron chi connectivity index (χ4n) is 4.77. The number of carbonyl (C=O) groups is 3. The third kappa shape index (κ3) is 5.42. The van der Waals surface area contributed by atoms with Gasteiger partial charge in [0.25, 0.3) is 5.91 Å². The zero-order valence-corrected chi connectivity index (χ0v) is 20.9. The first-order valence-electron chi connectivity index (χ1n) is 11.6. The molecule has 2 aromatic rings. The van der Waals surface area contributed by atoms with Gasteiger partial charge in [-0.25, -0.2) is 13.3 Å². The molecular formula is C25H27ClN2O6S. The number of imide groups is 1. The van der Waals surface area contributed by atoms with E-state index in [1.54, 1.807) is 0 Å². The summed E-state index contributed by atoms with van der Waals surface area (Å²) in [5.74, 6) is -1.28. The molecule has 1 saturated carbocycles. The number of esters is 1. The Hall–Kier alpha value is -2.75. The molecule has 8 nitrogen and oxygen atoms in total. The minimum absolute atomic E-state index is 0.0376. The summed E-state index contributed by atoms with van der Waals surface area (Å²) in [6.45, 7) is 1.27. The van der Waals surface area contributed by atoms with Crippen molar-refractivity contribution in [2.24, 2.45) is 0 Å². The van der Waals surface area contributed by atoms with Crippen molar-refractivity contribution in [3.8, 4) is 5.75 Å². The van der Waals surface area contributed by atoms with Crippen molar-refractivity contribution >= 4 is 45.1 Å². The van der Waals surface area contributed by atoms with E-state index in [2.05, 4.69) is 0 Å². The molecule has 0 N–H and O–H groups in total. The van der Waals surface area contributed by atoms with Crippen LogP contribution in [-0.4, -0.2) is 42.6 Å². The van der Waals surface area contributed by atoms with Crippen molar-refractivity contribution in [1.82, 2.24) is 4.31 Å². The van der Waals surface area contributed by atoms with Crippen LogP contribution >= 0.6 is 11.6 Å². The van der Waals surface area contributed by atoms with Crippen LogP contribution in [0.15, 0.2) is 53.4 Å². The number of amides is 2. The zero-order valence-electron chi connectivity index (χ0n) is 19.4. The fourth-order valence-corrected chi connectivity index (χ4v) is 6.73. The number of carbonyl (C=O) groups excluding carboxylic acids is 3. The minimum atomic E-state index is -4.08. The van der Waals surface area contributed by atoms with Gasteiger partial charge in [-0.05, 0) is 61.4 Å². The Balaban J connectivity index is 1.69. The molecule has 1 heterocycles. The van der Waals surface area contributed by atoms with Crippen molar-refractivity contribution in [2.45, 2.75) is 68.8 Å². The molecule has 186 valence electrons. The molecule has 2 aliphatic rings. The van der Waals surface area contributed by atoms with Gasteiger partial charge >= 0.3 is 5.97 Å². The number of halogens is 1. The first-order valence-corrected chi connectivity index (χ1v) is 13.4. The van der Waals surface area contributed by atoms with Crippen molar-refractivity contribution in [2.75, 3.05) is 4.90 Å².